The van der Waals surface area contributed by atoms with Gasteiger partial charge in [-0.3, -0.25) is 9.48 Å². The number of benzene rings is 2. The maximum absolute atomic E-state index is 13.2. The standard InChI is InChI=1S/C23H23ClN4O/c24-17-11-12-21-19(15-17)22(27-28(21)14-5-1-4-13-25)23(29)26-20-10-6-8-16-7-2-3-9-18(16)20/h2-3,7,9,11-12,15,20H,1,4-6,8,10,14H2,(H,26,29). The lowest BCUT2D eigenvalue weighted by molar-refractivity contribution is 0.0928. The molecular weight excluding hydrogens is 384 g/mol. The second kappa shape index (κ2) is 8.67. The van der Waals surface area contributed by atoms with Gasteiger partial charge in [0.15, 0.2) is 5.69 Å². The molecule has 1 unspecified atom stereocenters. The van der Waals surface area contributed by atoms with Crippen LogP contribution in [0.1, 0.15) is 59.8 Å². The Balaban J connectivity index is 1.61. The monoisotopic (exact) mass is 406 g/mol. The number of amides is 1. The van der Waals surface area contributed by atoms with Crippen LogP contribution in [0.25, 0.3) is 10.9 Å². The molecule has 0 saturated heterocycles. The number of carbonyl (C=O) groups is 1. The van der Waals surface area contributed by atoms with Crippen molar-refractivity contribution in [2.45, 2.75) is 51.1 Å². The van der Waals surface area contributed by atoms with E-state index in [0.29, 0.717) is 23.7 Å². The molecule has 1 N–H and O–H groups in total. The summed E-state index contributed by atoms with van der Waals surface area (Å²) in [5, 5.41) is 17.9. The highest BCUT2D eigenvalue weighted by Crippen LogP contribution is 2.30. The summed E-state index contributed by atoms with van der Waals surface area (Å²) in [6.45, 7) is 0.666. The van der Waals surface area contributed by atoms with Gasteiger partial charge >= 0.3 is 0 Å². The zero-order valence-corrected chi connectivity index (χ0v) is 17.0. The molecule has 0 saturated carbocycles. The number of fused-ring (bicyclic) bond motifs is 2. The zero-order chi connectivity index (χ0) is 20.2. The third-order valence-electron chi connectivity index (χ3n) is 5.51. The van der Waals surface area contributed by atoms with Gasteiger partial charge < -0.3 is 5.32 Å². The summed E-state index contributed by atoms with van der Waals surface area (Å²) in [5.74, 6) is -0.172. The number of nitriles is 1. The molecule has 1 aromatic heterocycles. The molecule has 5 nitrogen and oxygen atoms in total. The predicted molar refractivity (Wildman–Crippen MR) is 114 cm³/mol. The maximum atomic E-state index is 13.2. The van der Waals surface area contributed by atoms with E-state index in [2.05, 4.69) is 28.6 Å². The number of aromatic nitrogens is 2. The van der Waals surface area contributed by atoms with E-state index in [1.807, 2.05) is 28.9 Å². The van der Waals surface area contributed by atoms with Crippen LogP contribution in [0, 0.1) is 11.3 Å². The van der Waals surface area contributed by atoms with Crippen LogP contribution in [0.5, 0.6) is 0 Å². The number of hydrogen-bond donors (Lipinski definition) is 1. The minimum absolute atomic E-state index is 0.00228. The Morgan fingerprint density at radius 2 is 2.14 bits per heavy atom. The van der Waals surface area contributed by atoms with Gasteiger partial charge in [-0.25, -0.2) is 0 Å². The molecule has 1 amide bonds. The topological polar surface area (TPSA) is 70.7 Å². The third kappa shape index (κ3) is 4.13. The molecule has 1 atom stereocenters. The molecule has 0 radical (unpaired) electrons. The quantitative estimate of drug-likeness (QED) is 0.572. The predicted octanol–water partition coefficient (Wildman–Crippen LogP) is 5.19. The highest BCUT2D eigenvalue weighted by Gasteiger charge is 2.24. The number of unbranched alkanes of at least 4 members (excludes halogenated alkanes) is 2. The number of rotatable bonds is 6. The molecule has 0 fully saturated rings. The summed E-state index contributed by atoms with van der Waals surface area (Å²) in [6, 6.07) is 16.0. The molecule has 4 rings (SSSR count). The number of hydrogen-bond acceptors (Lipinski definition) is 3. The van der Waals surface area contributed by atoms with Gasteiger partial charge in [-0.15, -0.1) is 0 Å². The van der Waals surface area contributed by atoms with Crippen LogP contribution in [-0.2, 0) is 13.0 Å². The first-order valence-corrected chi connectivity index (χ1v) is 10.5. The summed E-state index contributed by atoms with van der Waals surface area (Å²) in [6.07, 6.45) is 5.21. The second-order valence-corrected chi connectivity index (χ2v) is 7.90. The Bertz CT molecular complexity index is 1080. The van der Waals surface area contributed by atoms with Crippen LogP contribution < -0.4 is 5.32 Å². The van der Waals surface area contributed by atoms with Crippen LogP contribution in [0.15, 0.2) is 42.5 Å². The van der Waals surface area contributed by atoms with Crippen molar-refractivity contribution in [1.29, 1.82) is 5.26 Å². The van der Waals surface area contributed by atoms with Crippen molar-refractivity contribution in [3.8, 4) is 6.07 Å². The van der Waals surface area contributed by atoms with Crippen LogP contribution in [0.3, 0.4) is 0 Å². The number of carbonyl (C=O) groups excluding carboxylic acids is 1. The van der Waals surface area contributed by atoms with Crippen molar-refractivity contribution < 1.29 is 4.79 Å². The number of halogens is 1. The fourth-order valence-corrected chi connectivity index (χ4v) is 4.26. The van der Waals surface area contributed by atoms with Gasteiger partial charge in [0.25, 0.3) is 5.91 Å². The van der Waals surface area contributed by atoms with Crippen LogP contribution in [0.4, 0.5) is 0 Å². The normalized spacial score (nSPS) is 15.7. The van der Waals surface area contributed by atoms with E-state index in [1.165, 1.54) is 11.1 Å². The average molecular weight is 407 g/mol. The van der Waals surface area contributed by atoms with E-state index in [9.17, 15) is 4.79 Å². The minimum atomic E-state index is -0.172. The molecule has 29 heavy (non-hydrogen) atoms. The summed E-state index contributed by atoms with van der Waals surface area (Å²) in [4.78, 5) is 13.2. The summed E-state index contributed by atoms with van der Waals surface area (Å²) >= 11 is 6.20. The number of nitrogens with one attached hydrogen (secondary N) is 1. The van der Waals surface area contributed by atoms with E-state index in [4.69, 9.17) is 16.9 Å². The van der Waals surface area contributed by atoms with E-state index >= 15 is 0 Å². The van der Waals surface area contributed by atoms with Gasteiger partial charge in [-0.1, -0.05) is 35.9 Å². The molecule has 6 heteroatoms. The molecule has 0 aliphatic heterocycles. The fourth-order valence-electron chi connectivity index (χ4n) is 4.09. The Labute approximate surface area is 175 Å². The lowest BCUT2D eigenvalue weighted by Crippen LogP contribution is -2.31. The van der Waals surface area contributed by atoms with Crippen LogP contribution in [-0.4, -0.2) is 15.7 Å². The van der Waals surface area contributed by atoms with E-state index in [1.54, 1.807) is 6.07 Å². The number of aryl methyl sites for hydroxylation is 2. The molecule has 1 heterocycles. The van der Waals surface area contributed by atoms with E-state index < -0.39 is 0 Å². The Morgan fingerprint density at radius 1 is 1.28 bits per heavy atom. The molecule has 1 aliphatic rings. The summed E-state index contributed by atoms with van der Waals surface area (Å²) < 4.78 is 1.85. The zero-order valence-electron chi connectivity index (χ0n) is 16.2. The summed E-state index contributed by atoms with van der Waals surface area (Å²) in [7, 11) is 0. The average Bonchev–Trinajstić information content (AvgIpc) is 3.09. The van der Waals surface area contributed by atoms with Crippen LogP contribution in [0.2, 0.25) is 5.02 Å². The SMILES string of the molecule is N#CCCCCn1nc(C(=O)NC2CCCc3ccccc32)c2cc(Cl)ccc21. The van der Waals surface area contributed by atoms with Crippen molar-refractivity contribution in [3.63, 3.8) is 0 Å². The Hall–Kier alpha value is -2.84. The maximum Gasteiger partial charge on any atom is 0.272 e. The smallest absolute Gasteiger partial charge is 0.272 e. The second-order valence-electron chi connectivity index (χ2n) is 7.47. The van der Waals surface area contributed by atoms with Gasteiger partial charge in [-0.05, 0) is 61.4 Å². The molecular formula is C23H23ClN4O. The number of nitrogens with zero attached hydrogens (tertiary/aromatic N) is 3. The molecule has 3 aromatic rings. The van der Waals surface area contributed by atoms with Gasteiger partial charge in [0.2, 0.25) is 0 Å². The fraction of sp³-hybridized carbons (Fsp3) is 0.348. The highest BCUT2D eigenvalue weighted by atomic mass is 35.5. The first-order valence-electron chi connectivity index (χ1n) is 10.1. The van der Waals surface area contributed by atoms with Crippen molar-refractivity contribution in [2.75, 3.05) is 0 Å². The summed E-state index contributed by atoms with van der Waals surface area (Å²) in [5.41, 5.74) is 3.80. The first kappa shape index (κ1) is 19.5. The third-order valence-corrected chi connectivity index (χ3v) is 5.75. The Morgan fingerprint density at radius 3 is 3.00 bits per heavy atom. The first-order chi connectivity index (χ1) is 14.2. The van der Waals surface area contributed by atoms with E-state index in [-0.39, 0.29) is 11.9 Å². The van der Waals surface area contributed by atoms with Gasteiger partial charge in [-0.2, -0.15) is 10.4 Å². The van der Waals surface area contributed by atoms with Crippen molar-refractivity contribution in [2.24, 2.45) is 0 Å². The highest BCUT2D eigenvalue weighted by molar-refractivity contribution is 6.31. The molecule has 2 aromatic carbocycles. The van der Waals surface area contributed by atoms with Gasteiger partial charge in [0.05, 0.1) is 17.6 Å². The van der Waals surface area contributed by atoms with Crippen molar-refractivity contribution in [1.82, 2.24) is 15.1 Å². The van der Waals surface area contributed by atoms with Gasteiger partial charge in [0, 0.05) is 23.4 Å². The minimum Gasteiger partial charge on any atom is -0.344 e. The molecule has 1 aliphatic carbocycles. The van der Waals surface area contributed by atoms with E-state index in [0.717, 1.165) is 43.0 Å². The molecule has 148 valence electrons. The van der Waals surface area contributed by atoms with Crippen LogP contribution >= 0.6 is 11.6 Å². The Kier molecular flexibility index (Phi) is 5.82. The lowest BCUT2D eigenvalue weighted by atomic mass is 9.87. The van der Waals surface area contributed by atoms with Crippen molar-refractivity contribution in [3.05, 3.63) is 64.3 Å². The molecule has 0 spiro atoms. The lowest BCUT2D eigenvalue weighted by Gasteiger charge is -2.26. The molecule has 0 bridgehead atoms. The van der Waals surface area contributed by atoms with Gasteiger partial charge in [0.1, 0.15) is 0 Å². The van der Waals surface area contributed by atoms with Crippen molar-refractivity contribution >= 4 is 28.4 Å². The largest absolute Gasteiger partial charge is 0.344 e.